The van der Waals surface area contributed by atoms with Gasteiger partial charge in [0.2, 0.25) is 0 Å². The largest absolute Gasteiger partial charge is 0.365 e. The Bertz CT molecular complexity index is 414. The molecule has 2 aliphatic carbocycles. The van der Waals surface area contributed by atoms with E-state index in [1.165, 1.54) is 32.1 Å². The van der Waals surface area contributed by atoms with Crippen molar-refractivity contribution in [2.75, 3.05) is 13.1 Å². The smallest absolute Gasteiger partial charge is 0.251 e. The summed E-state index contributed by atoms with van der Waals surface area (Å²) in [4.78, 5) is 15.0. The molecule has 0 radical (unpaired) electrons. The van der Waals surface area contributed by atoms with E-state index < -0.39 is 0 Å². The first-order valence-electron chi connectivity index (χ1n) is 9.32. The van der Waals surface area contributed by atoms with Gasteiger partial charge in [-0.2, -0.15) is 0 Å². The lowest BCUT2D eigenvalue weighted by Gasteiger charge is -2.44. The molecule has 0 aromatic carbocycles. The average molecular weight is 305 g/mol. The fourth-order valence-corrected chi connectivity index (χ4v) is 4.50. The number of allylic oxidation sites excluding steroid dienone is 2. The van der Waals surface area contributed by atoms with E-state index >= 15 is 0 Å². The predicted molar refractivity (Wildman–Crippen MR) is 88.7 cm³/mol. The number of likely N-dealkylation sites (tertiary alicyclic amines) is 1. The van der Waals surface area contributed by atoms with Gasteiger partial charge in [-0.3, -0.25) is 4.79 Å². The van der Waals surface area contributed by atoms with Gasteiger partial charge in [-0.1, -0.05) is 31.9 Å². The number of carbonyl (C=O) groups excluding carboxylic acids is 1. The zero-order valence-electron chi connectivity index (χ0n) is 14.1. The zero-order chi connectivity index (χ0) is 15.4. The molecule has 1 spiro atoms. The van der Waals surface area contributed by atoms with Crippen LogP contribution in [0.2, 0.25) is 0 Å². The van der Waals surface area contributed by atoms with Crippen LogP contribution in [-0.2, 0) is 9.53 Å². The van der Waals surface area contributed by atoms with Crippen LogP contribution in [0, 0.1) is 5.41 Å². The van der Waals surface area contributed by atoms with Gasteiger partial charge in [-0.25, -0.2) is 0 Å². The van der Waals surface area contributed by atoms with E-state index in [1.807, 2.05) is 0 Å². The third-order valence-corrected chi connectivity index (χ3v) is 5.84. The molecule has 3 aliphatic rings. The highest BCUT2D eigenvalue weighted by Crippen LogP contribution is 2.41. The number of nitrogens with zero attached hydrogens (tertiary/aromatic N) is 1. The van der Waals surface area contributed by atoms with Gasteiger partial charge in [0.15, 0.2) is 0 Å². The Labute approximate surface area is 135 Å². The minimum absolute atomic E-state index is 0.211. The van der Waals surface area contributed by atoms with Gasteiger partial charge >= 0.3 is 0 Å². The van der Waals surface area contributed by atoms with Crippen molar-refractivity contribution >= 4 is 5.91 Å². The Kier molecular flexibility index (Phi) is 5.22. The van der Waals surface area contributed by atoms with Crippen LogP contribution in [0.25, 0.3) is 0 Å². The van der Waals surface area contributed by atoms with Crippen molar-refractivity contribution in [3.05, 3.63) is 12.2 Å². The standard InChI is InChI=1S/C19H31NO2/c1-2-17(22-16-9-4-5-10-16)18(21)20-14-8-13-19(15-20)11-6-3-7-12-19/h3,6,16-17H,2,4-5,7-15H2,1H3/t17-,19+/m1/s1. The van der Waals surface area contributed by atoms with E-state index in [-0.39, 0.29) is 12.0 Å². The van der Waals surface area contributed by atoms with Crippen LogP contribution in [0.1, 0.15) is 71.1 Å². The quantitative estimate of drug-likeness (QED) is 0.733. The highest BCUT2D eigenvalue weighted by atomic mass is 16.5. The van der Waals surface area contributed by atoms with Crippen molar-refractivity contribution in [3.8, 4) is 0 Å². The Balaban J connectivity index is 1.60. The van der Waals surface area contributed by atoms with E-state index in [4.69, 9.17) is 4.74 Å². The lowest BCUT2D eigenvalue weighted by Crippen LogP contribution is -2.50. The summed E-state index contributed by atoms with van der Waals surface area (Å²) in [5, 5.41) is 0. The van der Waals surface area contributed by atoms with Crippen LogP contribution >= 0.6 is 0 Å². The summed E-state index contributed by atoms with van der Waals surface area (Å²) < 4.78 is 6.15. The topological polar surface area (TPSA) is 29.5 Å². The van der Waals surface area contributed by atoms with Crippen molar-refractivity contribution in [1.29, 1.82) is 0 Å². The van der Waals surface area contributed by atoms with E-state index in [9.17, 15) is 4.79 Å². The van der Waals surface area contributed by atoms with Crippen LogP contribution in [-0.4, -0.2) is 36.1 Å². The molecule has 124 valence electrons. The molecule has 2 atom stereocenters. The van der Waals surface area contributed by atoms with E-state index in [1.54, 1.807) is 0 Å². The molecule has 3 heteroatoms. The van der Waals surface area contributed by atoms with Gasteiger partial charge in [0.1, 0.15) is 6.10 Å². The third-order valence-electron chi connectivity index (χ3n) is 5.84. The van der Waals surface area contributed by atoms with Crippen LogP contribution < -0.4 is 0 Å². The molecule has 0 bridgehead atoms. The van der Waals surface area contributed by atoms with Gasteiger partial charge in [-0.05, 0) is 56.8 Å². The van der Waals surface area contributed by atoms with Crippen LogP contribution in [0.3, 0.4) is 0 Å². The van der Waals surface area contributed by atoms with Gasteiger partial charge in [0.25, 0.3) is 5.91 Å². The van der Waals surface area contributed by atoms with Gasteiger partial charge in [0.05, 0.1) is 6.10 Å². The van der Waals surface area contributed by atoms with E-state index in [0.29, 0.717) is 11.5 Å². The summed E-state index contributed by atoms with van der Waals surface area (Å²) >= 11 is 0. The van der Waals surface area contributed by atoms with Crippen molar-refractivity contribution in [3.63, 3.8) is 0 Å². The number of piperidine rings is 1. The minimum Gasteiger partial charge on any atom is -0.365 e. The van der Waals surface area contributed by atoms with Gasteiger partial charge in [-0.15, -0.1) is 0 Å². The molecule has 1 saturated carbocycles. The second kappa shape index (κ2) is 7.16. The number of hydrogen-bond donors (Lipinski definition) is 0. The molecule has 1 aliphatic heterocycles. The van der Waals surface area contributed by atoms with Crippen molar-refractivity contribution < 1.29 is 9.53 Å². The fraction of sp³-hybridized carbons (Fsp3) is 0.842. The summed E-state index contributed by atoms with van der Waals surface area (Å²) in [7, 11) is 0. The van der Waals surface area contributed by atoms with Crippen LogP contribution in [0.5, 0.6) is 0 Å². The Morgan fingerprint density at radius 3 is 2.77 bits per heavy atom. The molecule has 0 aromatic rings. The number of hydrogen-bond acceptors (Lipinski definition) is 2. The van der Waals surface area contributed by atoms with Crippen molar-refractivity contribution in [1.82, 2.24) is 4.90 Å². The zero-order valence-corrected chi connectivity index (χ0v) is 14.1. The maximum Gasteiger partial charge on any atom is 0.251 e. The normalized spacial score (nSPS) is 30.9. The molecule has 1 heterocycles. The van der Waals surface area contributed by atoms with E-state index in [0.717, 1.165) is 45.2 Å². The lowest BCUT2D eigenvalue weighted by atomic mass is 9.71. The highest BCUT2D eigenvalue weighted by Gasteiger charge is 2.38. The number of ether oxygens (including phenoxy) is 1. The molecule has 0 aromatic heterocycles. The summed E-state index contributed by atoms with van der Waals surface area (Å²) in [5.74, 6) is 0.253. The molecule has 1 amide bonds. The molecule has 0 unspecified atom stereocenters. The molecule has 3 rings (SSSR count). The number of amides is 1. The second-order valence-corrected chi connectivity index (χ2v) is 7.52. The van der Waals surface area contributed by atoms with Crippen molar-refractivity contribution in [2.45, 2.75) is 83.3 Å². The predicted octanol–water partition coefficient (Wildman–Crippen LogP) is 4.07. The molecular weight excluding hydrogens is 274 g/mol. The Hall–Kier alpha value is -0.830. The first-order valence-corrected chi connectivity index (χ1v) is 9.32. The van der Waals surface area contributed by atoms with Crippen molar-refractivity contribution in [2.24, 2.45) is 5.41 Å². The van der Waals surface area contributed by atoms with Gasteiger partial charge in [0, 0.05) is 13.1 Å². The lowest BCUT2D eigenvalue weighted by molar-refractivity contribution is -0.151. The second-order valence-electron chi connectivity index (χ2n) is 7.52. The maximum atomic E-state index is 12.9. The summed E-state index contributed by atoms with van der Waals surface area (Å²) in [6.07, 6.45) is 16.3. The average Bonchev–Trinajstić information content (AvgIpc) is 3.06. The molecular formula is C19H31NO2. The molecule has 2 fully saturated rings. The van der Waals surface area contributed by atoms with E-state index in [2.05, 4.69) is 24.0 Å². The molecule has 3 nitrogen and oxygen atoms in total. The van der Waals surface area contributed by atoms with Gasteiger partial charge < -0.3 is 9.64 Å². The number of carbonyl (C=O) groups is 1. The maximum absolute atomic E-state index is 12.9. The minimum atomic E-state index is -0.211. The summed E-state index contributed by atoms with van der Waals surface area (Å²) in [6.45, 7) is 3.95. The Morgan fingerprint density at radius 1 is 1.27 bits per heavy atom. The third kappa shape index (κ3) is 3.56. The molecule has 1 saturated heterocycles. The van der Waals surface area contributed by atoms with Crippen LogP contribution in [0.15, 0.2) is 12.2 Å². The SMILES string of the molecule is CC[C@@H](OC1CCCC1)C(=O)N1CCC[C@@]2(CC=CCC2)C1. The first kappa shape index (κ1) is 16.0. The first-order chi connectivity index (χ1) is 10.7. The molecule has 0 N–H and O–H groups in total. The Morgan fingerprint density at radius 2 is 2.09 bits per heavy atom. The summed E-state index contributed by atoms with van der Waals surface area (Å²) in [6, 6.07) is 0. The number of rotatable bonds is 4. The highest BCUT2D eigenvalue weighted by molar-refractivity contribution is 5.81. The fourth-order valence-electron chi connectivity index (χ4n) is 4.50. The van der Waals surface area contributed by atoms with Crippen LogP contribution in [0.4, 0.5) is 0 Å². The summed E-state index contributed by atoms with van der Waals surface area (Å²) in [5.41, 5.74) is 0.355. The monoisotopic (exact) mass is 305 g/mol. The molecule has 22 heavy (non-hydrogen) atoms.